The van der Waals surface area contributed by atoms with E-state index in [1.54, 1.807) is 18.3 Å². The molecule has 3 aromatic rings. The summed E-state index contributed by atoms with van der Waals surface area (Å²) >= 11 is 5.80. The third kappa shape index (κ3) is 4.06. The second-order valence-electron chi connectivity index (χ2n) is 5.38. The van der Waals surface area contributed by atoms with Gasteiger partial charge in [0.15, 0.2) is 5.82 Å². The zero-order valence-corrected chi connectivity index (χ0v) is 13.9. The SMILES string of the molecule is Cc1cc(NCCc2cccnc2)nc(-c2ccc(Cl)cc2F)n1. The molecule has 0 unspecified atom stereocenters. The molecule has 0 amide bonds. The first kappa shape index (κ1) is 16.3. The van der Waals surface area contributed by atoms with E-state index in [0.717, 1.165) is 17.7 Å². The van der Waals surface area contributed by atoms with Gasteiger partial charge in [-0.1, -0.05) is 17.7 Å². The van der Waals surface area contributed by atoms with E-state index < -0.39 is 5.82 Å². The summed E-state index contributed by atoms with van der Waals surface area (Å²) in [6, 6.07) is 10.2. The summed E-state index contributed by atoms with van der Waals surface area (Å²) in [7, 11) is 0. The number of nitrogens with one attached hydrogen (secondary N) is 1. The Balaban J connectivity index is 1.76. The highest BCUT2D eigenvalue weighted by atomic mass is 35.5. The van der Waals surface area contributed by atoms with Gasteiger partial charge in [0, 0.05) is 35.7 Å². The Labute approximate surface area is 144 Å². The maximum Gasteiger partial charge on any atom is 0.164 e. The van der Waals surface area contributed by atoms with Gasteiger partial charge in [0.2, 0.25) is 0 Å². The van der Waals surface area contributed by atoms with Crippen molar-refractivity contribution in [1.29, 1.82) is 0 Å². The highest BCUT2D eigenvalue weighted by molar-refractivity contribution is 6.30. The zero-order chi connectivity index (χ0) is 16.9. The average molecular weight is 343 g/mol. The van der Waals surface area contributed by atoms with Crippen molar-refractivity contribution in [2.45, 2.75) is 13.3 Å². The van der Waals surface area contributed by atoms with Gasteiger partial charge in [-0.05, 0) is 43.2 Å². The van der Waals surface area contributed by atoms with E-state index in [1.807, 2.05) is 31.3 Å². The molecule has 0 spiro atoms. The van der Waals surface area contributed by atoms with Crippen LogP contribution in [0.1, 0.15) is 11.3 Å². The summed E-state index contributed by atoms with van der Waals surface area (Å²) < 4.78 is 14.1. The average Bonchev–Trinajstić information content (AvgIpc) is 2.55. The largest absolute Gasteiger partial charge is 0.370 e. The molecule has 24 heavy (non-hydrogen) atoms. The van der Waals surface area contributed by atoms with Gasteiger partial charge in [0.05, 0.1) is 5.56 Å². The number of hydrogen-bond donors (Lipinski definition) is 1. The van der Waals surface area contributed by atoms with Crippen LogP contribution in [0.3, 0.4) is 0 Å². The number of rotatable bonds is 5. The van der Waals surface area contributed by atoms with Gasteiger partial charge >= 0.3 is 0 Å². The van der Waals surface area contributed by atoms with Crippen molar-refractivity contribution in [1.82, 2.24) is 15.0 Å². The van der Waals surface area contributed by atoms with Crippen LogP contribution in [0.5, 0.6) is 0 Å². The number of aromatic nitrogens is 3. The van der Waals surface area contributed by atoms with Gasteiger partial charge in [-0.2, -0.15) is 0 Å². The van der Waals surface area contributed by atoms with Gasteiger partial charge in [-0.15, -0.1) is 0 Å². The molecule has 0 atom stereocenters. The van der Waals surface area contributed by atoms with Crippen molar-refractivity contribution in [2.75, 3.05) is 11.9 Å². The Morgan fingerprint density at radius 2 is 2.04 bits per heavy atom. The number of halogens is 2. The topological polar surface area (TPSA) is 50.7 Å². The molecular weight excluding hydrogens is 327 g/mol. The Hall–Kier alpha value is -2.53. The smallest absolute Gasteiger partial charge is 0.164 e. The highest BCUT2D eigenvalue weighted by Gasteiger charge is 2.10. The van der Waals surface area contributed by atoms with Crippen LogP contribution in [0.2, 0.25) is 5.02 Å². The first-order chi connectivity index (χ1) is 11.6. The summed E-state index contributed by atoms with van der Waals surface area (Å²) in [5.41, 5.74) is 2.23. The van der Waals surface area contributed by atoms with Crippen molar-refractivity contribution in [3.05, 3.63) is 70.9 Å². The maximum absolute atomic E-state index is 14.1. The second kappa shape index (κ2) is 7.36. The predicted octanol–water partition coefficient (Wildman–Crippen LogP) is 4.29. The lowest BCUT2D eigenvalue weighted by atomic mass is 10.2. The molecule has 0 saturated heterocycles. The molecule has 2 aromatic heterocycles. The van der Waals surface area contributed by atoms with Crippen LogP contribution in [0.15, 0.2) is 48.8 Å². The van der Waals surface area contributed by atoms with Gasteiger partial charge in [-0.25, -0.2) is 14.4 Å². The molecule has 0 fully saturated rings. The molecule has 2 heterocycles. The fourth-order valence-corrected chi connectivity index (χ4v) is 2.49. The summed E-state index contributed by atoms with van der Waals surface area (Å²) in [4.78, 5) is 12.8. The molecule has 6 heteroatoms. The number of aryl methyl sites for hydroxylation is 1. The number of nitrogens with zero attached hydrogens (tertiary/aromatic N) is 3. The monoisotopic (exact) mass is 342 g/mol. The highest BCUT2D eigenvalue weighted by Crippen LogP contribution is 2.24. The minimum atomic E-state index is -0.436. The quantitative estimate of drug-likeness (QED) is 0.751. The van der Waals surface area contributed by atoms with Crippen molar-refractivity contribution in [3.63, 3.8) is 0 Å². The Morgan fingerprint density at radius 3 is 2.79 bits per heavy atom. The van der Waals surface area contributed by atoms with Gasteiger partial charge in [0.1, 0.15) is 11.6 Å². The van der Waals surface area contributed by atoms with E-state index in [1.165, 1.54) is 6.07 Å². The van der Waals surface area contributed by atoms with Crippen LogP contribution in [-0.2, 0) is 6.42 Å². The molecular formula is C18H16ClFN4. The van der Waals surface area contributed by atoms with E-state index in [4.69, 9.17) is 11.6 Å². The van der Waals surface area contributed by atoms with E-state index in [9.17, 15) is 4.39 Å². The van der Waals surface area contributed by atoms with Crippen LogP contribution in [-0.4, -0.2) is 21.5 Å². The van der Waals surface area contributed by atoms with E-state index in [-0.39, 0.29) is 0 Å². The van der Waals surface area contributed by atoms with Crippen LogP contribution in [0.4, 0.5) is 10.2 Å². The molecule has 1 N–H and O–H groups in total. The van der Waals surface area contributed by atoms with Crippen LogP contribution >= 0.6 is 11.6 Å². The molecule has 0 saturated carbocycles. The van der Waals surface area contributed by atoms with Crippen molar-refractivity contribution in [3.8, 4) is 11.4 Å². The normalized spacial score (nSPS) is 10.6. The minimum Gasteiger partial charge on any atom is -0.370 e. The second-order valence-corrected chi connectivity index (χ2v) is 5.82. The first-order valence-electron chi connectivity index (χ1n) is 7.56. The first-order valence-corrected chi connectivity index (χ1v) is 7.93. The standard InChI is InChI=1S/C18H16ClFN4/c1-12-9-17(22-8-6-13-3-2-7-21-11-13)24-18(23-12)15-5-4-14(19)10-16(15)20/h2-5,7,9-11H,6,8H2,1H3,(H,22,23,24). The molecule has 0 aliphatic rings. The molecule has 3 rings (SSSR count). The Bertz CT molecular complexity index is 840. The van der Waals surface area contributed by atoms with Gasteiger partial charge in [-0.3, -0.25) is 4.98 Å². The van der Waals surface area contributed by atoms with Gasteiger partial charge in [0.25, 0.3) is 0 Å². The number of hydrogen-bond acceptors (Lipinski definition) is 4. The molecule has 0 aliphatic carbocycles. The third-order valence-corrected chi connectivity index (χ3v) is 3.70. The van der Waals surface area contributed by atoms with Gasteiger partial charge < -0.3 is 5.32 Å². The molecule has 0 aliphatic heterocycles. The third-order valence-electron chi connectivity index (χ3n) is 3.47. The lowest BCUT2D eigenvalue weighted by molar-refractivity contribution is 0.630. The lowest BCUT2D eigenvalue weighted by Crippen LogP contribution is -2.08. The predicted molar refractivity (Wildman–Crippen MR) is 93.6 cm³/mol. The fraction of sp³-hybridized carbons (Fsp3) is 0.167. The molecule has 1 aromatic carbocycles. The van der Waals surface area contributed by atoms with E-state index in [0.29, 0.717) is 28.8 Å². The van der Waals surface area contributed by atoms with Crippen molar-refractivity contribution < 1.29 is 4.39 Å². The summed E-state index contributed by atoms with van der Waals surface area (Å²) in [6.45, 7) is 2.55. The van der Waals surface area contributed by atoms with E-state index in [2.05, 4.69) is 20.3 Å². The summed E-state index contributed by atoms with van der Waals surface area (Å²) in [5.74, 6) is 0.568. The fourth-order valence-electron chi connectivity index (χ4n) is 2.33. The number of benzene rings is 1. The molecule has 4 nitrogen and oxygen atoms in total. The summed E-state index contributed by atoms with van der Waals surface area (Å²) in [5, 5.41) is 3.59. The molecule has 0 radical (unpaired) electrons. The van der Waals surface area contributed by atoms with Crippen LogP contribution < -0.4 is 5.32 Å². The number of anilines is 1. The number of pyridine rings is 1. The summed E-state index contributed by atoms with van der Waals surface area (Å²) in [6.07, 6.45) is 4.40. The molecule has 122 valence electrons. The van der Waals surface area contributed by atoms with Crippen LogP contribution in [0.25, 0.3) is 11.4 Å². The lowest BCUT2D eigenvalue weighted by Gasteiger charge is -2.09. The Kier molecular flexibility index (Phi) is 5.01. The minimum absolute atomic E-state index is 0.332. The van der Waals surface area contributed by atoms with Crippen LogP contribution in [0, 0.1) is 12.7 Å². The van der Waals surface area contributed by atoms with E-state index >= 15 is 0 Å². The Morgan fingerprint density at radius 1 is 1.17 bits per heavy atom. The van der Waals surface area contributed by atoms with Crippen molar-refractivity contribution in [2.24, 2.45) is 0 Å². The molecule has 0 bridgehead atoms. The van der Waals surface area contributed by atoms with Crippen molar-refractivity contribution >= 4 is 17.4 Å². The zero-order valence-electron chi connectivity index (χ0n) is 13.1. The maximum atomic E-state index is 14.1.